The first-order chi connectivity index (χ1) is 7.77. The first-order valence-electron chi connectivity index (χ1n) is 6.19. The number of methoxy groups -OCH3 is 1. The van der Waals surface area contributed by atoms with Gasteiger partial charge in [-0.2, -0.15) is 0 Å². The third-order valence-corrected chi connectivity index (χ3v) is 3.31. The van der Waals surface area contributed by atoms with Crippen LogP contribution in [0.5, 0.6) is 0 Å². The second-order valence-corrected chi connectivity index (χ2v) is 4.66. The maximum Gasteiger partial charge on any atom is 0.0630 e. The molecule has 0 bridgehead atoms. The summed E-state index contributed by atoms with van der Waals surface area (Å²) in [5.41, 5.74) is 0. The fourth-order valence-electron chi connectivity index (χ4n) is 2.26. The first-order valence-corrected chi connectivity index (χ1v) is 6.19. The zero-order valence-corrected chi connectivity index (χ0v) is 10.9. The van der Waals surface area contributed by atoms with E-state index in [-0.39, 0.29) is 0 Å². The van der Waals surface area contributed by atoms with E-state index in [0.717, 1.165) is 38.8 Å². The van der Waals surface area contributed by atoms with Crippen LogP contribution in [0.1, 0.15) is 12.8 Å². The predicted molar refractivity (Wildman–Crippen MR) is 65.8 cm³/mol. The van der Waals surface area contributed by atoms with Crippen LogP contribution in [-0.4, -0.2) is 65.1 Å². The Balaban J connectivity index is 2.31. The molecule has 0 aromatic heterocycles. The second kappa shape index (κ2) is 8.01. The summed E-state index contributed by atoms with van der Waals surface area (Å²) in [6, 6.07) is 0.470. The molecule has 1 N–H and O–H groups in total. The van der Waals surface area contributed by atoms with Crippen LogP contribution in [0.3, 0.4) is 0 Å². The maximum absolute atomic E-state index is 5.38. The Morgan fingerprint density at radius 3 is 2.69 bits per heavy atom. The van der Waals surface area contributed by atoms with E-state index in [9.17, 15) is 0 Å². The van der Waals surface area contributed by atoms with Crippen LogP contribution in [0.15, 0.2) is 0 Å². The van der Waals surface area contributed by atoms with Crippen molar-refractivity contribution in [1.29, 1.82) is 0 Å². The second-order valence-electron chi connectivity index (χ2n) is 4.66. The molecule has 96 valence electrons. The van der Waals surface area contributed by atoms with E-state index in [1.165, 1.54) is 12.8 Å². The van der Waals surface area contributed by atoms with Crippen LogP contribution in [0.25, 0.3) is 0 Å². The quantitative estimate of drug-likeness (QED) is 0.694. The molecule has 1 rings (SSSR count). The van der Waals surface area contributed by atoms with Gasteiger partial charge in [-0.3, -0.25) is 4.90 Å². The molecule has 0 saturated carbocycles. The molecule has 1 heterocycles. The highest BCUT2D eigenvalue weighted by molar-refractivity contribution is 4.74. The van der Waals surface area contributed by atoms with Crippen molar-refractivity contribution in [2.45, 2.75) is 18.9 Å². The molecule has 0 amide bonds. The first kappa shape index (κ1) is 13.9. The Morgan fingerprint density at radius 1 is 1.44 bits per heavy atom. The van der Waals surface area contributed by atoms with Crippen molar-refractivity contribution >= 4 is 0 Å². The summed E-state index contributed by atoms with van der Waals surface area (Å²) in [7, 11) is 5.95. The van der Waals surface area contributed by atoms with E-state index < -0.39 is 0 Å². The maximum atomic E-state index is 5.38. The molecule has 4 heteroatoms. The fourth-order valence-corrected chi connectivity index (χ4v) is 2.26. The number of nitrogens with one attached hydrogen (secondary N) is 1. The van der Waals surface area contributed by atoms with Crippen molar-refractivity contribution in [2.75, 3.05) is 54.1 Å². The van der Waals surface area contributed by atoms with Gasteiger partial charge in [0.05, 0.1) is 6.61 Å². The average molecular weight is 230 g/mol. The van der Waals surface area contributed by atoms with Gasteiger partial charge in [0.2, 0.25) is 0 Å². The van der Waals surface area contributed by atoms with Gasteiger partial charge in [0.1, 0.15) is 0 Å². The predicted octanol–water partition coefficient (Wildman–Crippen LogP) is 0.579. The number of hydrogen-bond acceptors (Lipinski definition) is 4. The zero-order valence-electron chi connectivity index (χ0n) is 10.9. The van der Waals surface area contributed by atoms with Crippen LogP contribution >= 0.6 is 0 Å². The summed E-state index contributed by atoms with van der Waals surface area (Å²) in [5.74, 6) is 0.787. The molecule has 0 spiro atoms. The van der Waals surface area contributed by atoms with Gasteiger partial charge >= 0.3 is 0 Å². The summed E-state index contributed by atoms with van der Waals surface area (Å²) in [6.45, 7) is 4.78. The van der Waals surface area contributed by atoms with Crippen LogP contribution in [-0.2, 0) is 9.47 Å². The Labute approximate surface area is 99.3 Å². The van der Waals surface area contributed by atoms with Gasteiger partial charge in [0.15, 0.2) is 0 Å². The molecule has 1 aliphatic heterocycles. The molecule has 1 saturated heterocycles. The van der Waals surface area contributed by atoms with Gasteiger partial charge in [0, 0.05) is 39.5 Å². The van der Waals surface area contributed by atoms with Crippen LogP contribution in [0, 0.1) is 5.92 Å². The van der Waals surface area contributed by atoms with Crippen molar-refractivity contribution in [3.8, 4) is 0 Å². The third-order valence-electron chi connectivity index (χ3n) is 3.31. The minimum Gasteiger partial charge on any atom is -0.383 e. The normalized spacial score (nSPS) is 20.2. The van der Waals surface area contributed by atoms with E-state index in [1.54, 1.807) is 7.11 Å². The SMILES string of the molecule is CNCC(COC)N(C)CC1CCOCC1. The van der Waals surface area contributed by atoms with Gasteiger partial charge in [0.25, 0.3) is 0 Å². The van der Waals surface area contributed by atoms with E-state index in [1.807, 2.05) is 7.05 Å². The van der Waals surface area contributed by atoms with Crippen molar-refractivity contribution in [2.24, 2.45) is 5.92 Å². The highest BCUT2D eigenvalue weighted by Gasteiger charge is 2.20. The number of nitrogens with zero attached hydrogens (tertiary/aromatic N) is 1. The Bertz CT molecular complexity index is 166. The molecule has 0 radical (unpaired) electrons. The molecule has 1 fully saturated rings. The van der Waals surface area contributed by atoms with E-state index in [2.05, 4.69) is 17.3 Å². The van der Waals surface area contributed by atoms with Crippen molar-refractivity contribution < 1.29 is 9.47 Å². The Hall–Kier alpha value is -0.160. The molecular weight excluding hydrogens is 204 g/mol. The highest BCUT2D eigenvalue weighted by Crippen LogP contribution is 2.16. The van der Waals surface area contributed by atoms with Gasteiger partial charge in [-0.05, 0) is 32.9 Å². The van der Waals surface area contributed by atoms with Gasteiger partial charge in [-0.25, -0.2) is 0 Å². The molecule has 0 aliphatic carbocycles. The van der Waals surface area contributed by atoms with Crippen molar-refractivity contribution in [1.82, 2.24) is 10.2 Å². The molecule has 4 nitrogen and oxygen atoms in total. The van der Waals surface area contributed by atoms with Gasteiger partial charge in [-0.1, -0.05) is 0 Å². The van der Waals surface area contributed by atoms with E-state index in [4.69, 9.17) is 9.47 Å². The topological polar surface area (TPSA) is 33.7 Å². The van der Waals surface area contributed by atoms with Gasteiger partial charge in [-0.15, -0.1) is 0 Å². The zero-order chi connectivity index (χ0) is 11.8. The molecule has 1 atom stereocenters. The van der Waals surface area contributed by atoms with Crippen LogP contribution < -0.4 is 5.32 Å². The lowest BCUT2D eigenvalue weighted by molar-refractivity contribution is 0.0403. The number of ether oxygens (including phenoxy) is 2. The average Bonchev–Trinajstić information content (AvgIpc) is 2.30. The van der Waals surface area contributed by atoms with Crippen molar-refractivity contribution in [3.05, 3.63) is 0 Å². The summed E-state index contributed by atoms with van der Waals surface area (Å²) in [5, 5.41) is 3.22. The molecule has 16 heavy (non-hydrogen) atoms. The minimum atomic E-state index is 0.470. The minimum absolute atomic E-state index is 0.470. The molecular formula is C12H26N2O2. The van der Waals surface area contributed by atoms with Crippen LogP contribution in [0.4, 0.5) is 0 Å². The van der Waals surface area contributed by atoms with Gasteiger partial charge < -0.3 is 14.8 Å². The highest BCUT2D eigenvalue weighted by atomic mass is 16.5. The Kier molecular flexibility index (Phi) is 6.96. The van der Waals surface area contributed by atoms with E-state index in [0.29, 0.717) is 6.04 Å². The lowest BCUT2D eigenvalue weighted by Gasteiger charge is -2.32. The molecule has 0 aromatic carbocycles. The summed E-state index contributed by atoms with van der Waals surface area (Å²) < 4.78 is 10.6. The summed E-state index contributed by atoms with van der Waals surface area (Å²) in [4.78, 5) is 2.41. The number of likely N-dealkylation sites (N-methyl/N-ethyl adjacent to an activating group) is 2. The monoisotopic (exact) mass is 230 g/mol. The smallest absolute Gasteiger partial charge is 0.0630 e. The molecule has 1 unspecified atom stereocenters. The summed E-state index contributed by atoms with van der Waals surface area (Å²) in [6.07, 6.45) is 2.40. The summed E-state index contributed by atoms with van der Waals surface area (Å²) >= 11 is 0. The molecule has 0 aromatic rings. The van der Waals surface area contributed by atoms with E-state index >= 15 is 0 Å². The number of hydrogen-bond donors (Lipinski definition) is 1. The number of rotatable bonds is 7. The van der Waals surface area contributed by atoms with Crippen LogP contribution in [0.2, 0.25) is 0 Å². The largest absolute Gasteiger partial charge is 0.383 e. The lowest BCUT2D eigenvalue weighted by Crippen LogP contribution is -2.44. The third kappa shape index (κ3) is 4.78. The molecule has 1 aliphatic rings. The Morgan fingerprint density at radius 2 is 2.12 bits per heavy atom. The lowest BCUT2D eigenvalue weighted by atomic mass is 9.99. The standard InChI is InChI=1S/C12H26N2O2/c1-13-8-12(10-15-3)14(2)9-11-4-6-16-7-5-11/h11-13H,4-10H2,1-3H3. The van der Waals surface area contributed by atoms with Crippen molar-refractivity contribution in [3.63, 3.8) is 0 Å². The fraction of sp³-hybridized carbons (Fsp3) is 1.00.